The van der Waals surface area contributed by atoms with Gasteiger partial charge in [0.1, 0.15) is 5.54 Å². The predicted molar refractivity (Wildman–Crippen MR) is 145 cm³/mol. The number of hydrogen-bond donors (Lipinski definition) is 2. The molecule has 3 atom stereocenters. The van der Waals surface area contributed by atoms with Crippen LogP contribution in [0.3, 0.4) is 0 Å². The number of ketones is 1. The van der Waals surface area contributed by atoms with E-state index in [2.05, 4.69) is 30.4 Å². The fourth-order valence-electron chi connectivity index (χ4n) is 5.79. The number of guanidine groups is 1. The molecule has 1 aliphatic carbocycles. The van der Waals surface area contributed by atoms with Crippen LogP contribution in [0.5, 0.6) is 0 Å². The van der Waals surface area contributed by atoms with E-state index < -0.39 is 5.54 Å². The first-order valence-electron chi connectivity index (χ1n) is 13.4. The Kier molecular flexibility index (Phi) is 8.57. The Morgan fingerprint density at radius 2 is 1.92 bits per heavy atom. The zero-order chi connectivity index (χ0) is 25.5. The number of benzene rings is 2. The Bertz CT molecular complexity index is 1080. The second-order valence-corrected chi connectivity index (χ2v) is 10.5. The van der Waals surface area contributed by atoms with Gasteiger partial charge in [-0.2, -0.15) is 0 Å². The minimum absolute atomic E-state index is 0.0194. The summed E-state index contributed by atoms with van der Waals surface area (Å²) in [6, 6.07) is 18.6. The average molecular weight is 489 g/mol. The number of amides is 1. The molecule has 1 aliphatic heterocycles. The monoisotopic (exact) mass is 488 g/mol. The number of nitrogens with two attached hydrogens (primary N) is 1. The van der Waals surface area contributed by atoms with Crippen molar-refractivity contribution in [3.8, 4) is 0 Å². The summed E-state index contributed by atoms with van der Waals surface area (Å²) in [5.74, 6) is 0.931. The van der Waals surface area contributed by atoms with E-state index in [0.29, 0.717) is 37.3 Å². The number of Topliss-reactive ketones (excluding diaryl/α,β-unsaturated/α-hetero) is 1. The second kappa shape index (κ2) is 11.8. The smallest absolute Gasteiger partial charge is 0.257 e. The molecule has 1 heterocycles. The van der Waals surface area contributed by atoms with Crippen LogP contribution in [0.2, 0.25) is 0 Å². The molecule has 3 N–H and O–H groups in total. The van der Waals surface area contributed by atoms with Gasteiger partial charge in [-0.25, -0.2) is 4.99 Å². The lowest BCUT2D eigenvalue weighted by Crippen LogP contribution is -2.45. The summed E-state index contributed by atoms with van der Waals surface area (Å²) in [4.78, 5) is 32.3. The highest BCUT2D eigenvalue weighted by Crippen LogP contribution is 2.38. The van der Waals surface area contributed by atoms with Crippen LogP contribution in [0.1, 0.15) is 73.4 Å². The summed E-state index contributed by atoms with van der Waals surface area (Å²) in [5.41, 5.74) is 8.55. The molecule has 0 aromatic heterocycles. The third-order valence-corrected chi connectivity index (χ3v) is 7.90. The first-order chi connectivity index (χ1) is 17.4. The summed E-state index contributed by atoms with van der Waals surface area (Å²) in [6.07, 6.45) is 7.94. The maximum atomic E-state index is 13.3. The largest absolute Gasteiger partial charge is 0.369 e. The Morgan fingerprint density at radius 1 is 1.14 bits per heavy atom. The summed E-state index contributed by atoms with van der Waals surface area (Å²) < 4.78 is 0. The van der Waals surface area contributed by atoms with Crippen molar-refractivity contribution >= 4 is 17.6 Å². The fraction of sp³-hybridized carbons (Fsp3) is 0.500. The Labute approximate surface area is 215 Å². The molecule has 4 rings (SSSR count). The van der Waals surface area contributed by atoms with E-state index in [1.54, 1.807) is 7.05 Å². The minimum atomic E-state index is -0.776. The lowest BCUT2D eigenvalue weighted by Gasteiger charge is -2.35. The van der Waals surface area contributed by atoms with Crippen LogP contribution in [-0.4, -0.2) is 47.7 Å². The number of hydrogen-bond acceptors (Lipinski definition) is 5. The van der Waals surface area contributed by atoms with Gasteiger partial charge in [0.2, 0.25) is 0 Å². The molecule has 1 saturated carbocycles. The Balaban J connectivity index is 1.34. The number of carbonyl (C=O) groups is 2. The number of nitrogens with zero attached hydrogens (tertiary/aromatic N) is 2. The number of carbonyl (C=O) groups excluding carboxylic acids is 2. The number of likely N-dealkylation sites (N-methyl/N-ethyl adjacent to an activating group) is 1. The lowest BCUT2D eigenvalue weighted by atomic mass is 9.75. The number of nitrogens with one attached hydrogen (secondary N) is 1. The van der Waals surface area contributed by atoms with Crippen LogP contribution >= 0.6 is 0 Å². The molecule has 6 heteroatoms. The van der Waals surface area contributed by atoms with E-state index in [9.17, 15) is 9.59 Å². The molecule has 2 aliphatic rings. The van der Waals surface area contributed by atoms with Crippen molar-refractivity contribution in [2.75, 3.05) is 13.6 Å². The van der Waals surface area contributed by atoms with Gasteiger partial charge in [0.05, 0.1) is 0 Å². The van der Waals surface area contributed by atoms with Gasteiger partial charge in [-0.1, -0.05) is 68.3 Å². The van der Waals surface area contributed by atoms with Crippen molar-refractivity contribution in [1.29, 1.82) is 0 Å². The van der Waals surface area contributed by atoms with Gasteiger partial charge in [0.25, 0.3) is 5.91 Å². The number of rotatable bonds is 11. The molecule has 6 nitrogen and oxygen atoms in total. The third kappa shape index (κ3) is 6.22. The molecule has 0 unspecified atom stereocenters. The van der Waals surface area contributed by atoms with Gasteiger partial charge in [-0.05, 0) is 61.6 Å². The molecule has 0 radical (unpaired) electrons. The topological polar surface area (TPSA) is 87.8 Å². The highest BCUT2D eigenvalue weighted by atomic mass is 16.2. The van der Waals surface area contributed by atoms with Gasteiger partial charge in [0, 0.05) is 31.6 Å². The lowest BCUT2D eigenvalue weighted by molar-refractivity contribution is -0.131. The normalized spacial score (nSPS) is 24.1. The quantitative estimate of drug-likeness (QED) is 0.455. The van der Waals surface area contributed by atoms with Crippen LogP contribution in [-0.2, 0) is 17.6 Å². The predicted octanol–water partition coefficient (Wildman–Crippen LogP) is 4.52. The van der Waals surface area contributed by atoms with E-state index in [1.807, 2.05) is 36.4 Å². The van der Waals surface area contributed by atoms with E-state index in [-0.39, 0.29) is 11.7 Å². The molecule has 2 aromatic carbocycles. The van der Waals surface area contributed by atoms with Crippen molar-refractivity contribution in [2.45, 2.75) is 76.3 Å². The highest BCUT2D eigenvalue weighted by Gasteiger charge is 2.47. The van der Waals surface area contributed by atoms with Gasteiger partial charge in [-0.3, -0.25) is 14.5 Å². The number of aryl methyl sites for hydroxylation is 2. The molecule has 1 fully saturated rings. The maximum Gasteiger partial charge on any atom is 0.257 e. The molecule has 0 bridgehead atoms. The summed E-state index contributed by atoms with van der Waals surface area (Å²) in [6.45, 7) is 2.78. The summed E-state index contributed by atoms with van der Waals surface area (Å²) in [5, 5.41) is 3.63. The van der Waals surface area contributed by atoms with Crippen molar-refractivity contribution in [3.63, 3.8) is 0 Å². The van der Waals surface area contributed by atoms with Gasteiger partial charge in [0.15, 0.2) is 11.7 Å². The standard InChI is InChI=1S/C30H40N4O2/c1-3-22-11-7-13-25(19-22)27(35)16-18-32-26-14-8-12-24(20-26)21-30(28(36)34(2)29(31)33-30)17-15-23-9-5-4-6-10-23/h4-7,9-11,13,19,24,26,32H,3,8,12,14-18,20-21H2,1-2H3,(H2,31,33)/t24-,26+,30+/m0/s1. The molecule has 0 spiro atoms. The third-order valence-electron chi connectivity index (χ3n) is 7.90. The van der Waals surface area contributed by atoms with E-state index in [4.69, 9.17) is 10.7 Å². The fourth-order valence-corrected chi connectivity index (χ4v) is 5.79. The maximum absolute atomic E-state index is 13.3. The van der Waals surface area contributed by atoms with Crippen molar-refractivity contribution in [2.24, 2.45) is 16.6 Å². The molecule has 36 heavy (non-hydrogen) atoms. The molecule has 2 aromatic rings. The van der Waals surface area contributed by atoms with Crippen LogP contribution in [0, 0.1) is 5.92 Å². The Hall–Kier alpha value is -2.99. The number of aliphatic imine (C=N–C) groups is 1. The van der Waals surface area contributed by atoms with Crippen molar-refractivity contribution < 1.29 is 9.59 Å². The van der Waals surface area contributed by atoms with E-state index in [1.165, 1.54) is 16.0 Å². The average Bonchev–Trinajstić information content (AvgIpc) is 3.11. The van der Waals surface area contributed by atoms with E-state index in [0.717, 1.165) is 50.5 Å². The Morgan fingerprint density at radius 3 is 2.64 bits per heavy atom. The summed E-state index contributed by atoms with van der Waals surface area (Å²) in [7, 11) is 1.73. The molecular weight excluding hydrogens is 448 g/mol. The van der Waals surface area contributed by atoms with Crippen molar-refractivity contribution in [3.05, 3.63) is 71.3 Å². The van der Waals surface area contributed by atoms with Crippen LogP contribution < -0.4 is 11.1 Å². The van der Waals surface area contributed by atoms with Crippen LogP contribution in [0.4, 0.5) is 0 Å². The summed E-state index contributed by atoms with van der Waals surface area (Å²) >= 11 is 0. The highest BCUT2D eigenvalue weighted by molar-refractivity contribution is 6.06. The molecular formula is C30H40N4O2. The van der Waals surface area contributed by atoms with Gasteiger partial charge < -0.3 is 11.1 Å². The van der Waals surface area contributed by atoms with Gasteiger partial charge >= 0.3 is 0 Å². The SMILES string of the molecule is CCc1cccc(C(=O)CCN[C@@H]2CCC[C@H](C[C@@]3(CCc4ccccc4)N=C(N)N(C)C3=O)C2)c1. The van der Waals surface area contributed by atoms with Gasteiger partial charge in [-0.15, -0.1) is 0 Å². The van der Waals surface area contributed by atoms with E-state index >= 15 is 0 Å². The first-order valence-corrected chi connectivity index (χ1v) is 13.4. The first kappa shape index (κ1) is 26.1. The zero-order valence-electron chi connectivity index (χ0n) is 21.7. The zero-order valence-corrected chi connectivity index (χ0v) is 21.7. The second-order valence-electron chi connectivity index (χ2n) is 10.5. The molecule has 1 amide bonds. The molecule has 192 valence electrons. The van der Waals surface area contributed by atoms with Crippen molar-refractivity contribution in [1.82, 2.24) is 10.2 Å². The molecule has 0 saturated heterocycles. The van der Waals surface area contributed by atoms with Crippen LogP contribution in [0.15, 0.2) is 59.6 Å². The van der Waals surface area contributed by atoms with Crippen LogP contribution in [0.25, 0.3) is 0 Å². The minimum Gasteiger partial charge on any atom is -0.369 e.